The zero-order valence-electron chi connectivity index (χ0n) is 6.91. The van der Waals surface area contributed by atoms with Crippen LogP contribution in [0.15, 0.2) is 18.2 Å². The van der Waals surface area contributed by atoms with Gasteiger partial charge in [0.15, 0.2) is 6.29 Å². The van der Waals surface area contributed by atoms with E-state index < -0.39 is 11.8 Å². The van der Waals surface area contributed by atoms with E-state index in [0.29, 0.717) is 6.29 Å². The molecule has 0 N–H and O–H groups in total. The third-order valence-corrected chi connectivity index (χ3v) is 1.56. The van der Waals surface area contributed by atoms with Crippen molar-refractivity contribution in [3.63, 3.8) is 0 Å². The van der Waals surface area contributed by atoms with E-state index in [4.69, 9.17) is 0 Å². The van der Waals surface area contributed by atoms with Crippen molar-refractivity contribution in [1.82, 2.24) is 0 Å². The molecule has 0 unspecified atom stereocenters. The first kappa shape index (κ1) is 9.38. The molecule has 0 saturated heterocycles. The minimum absolute atomic E-state index is 0.150. The van der Waals surface area contributed by atoms with Gasteiger partial charge in [-0.1, -0.05) is 6.07 Å². The number of aldehydes is 1. The number of rotatable bonds is 2. The molecule has 0 aliphatic heterocycles. The molecule has 0 saturated carbocycles. The minimum atomic E-state index is -0.843. The highest BCUT2D eigenvalue weighted by molar-refractivity contribution is 5.92. The van der Waals surface area contributed by atoms with Crippen molar-refractivity contribution in [1.29, 1.82) is 0 Å². The van der Waals surface area contributed by atoms with Gasteiger partial charge in [0.25, 0.3) is 0 Å². The third kappa shape index (κ3) is 1.72. The normalized spacial score (nSPS) is 9.38. The standard InChI is InChI=1S/C9H7FO3/c1-13-9(12)7-4-2-3-6(5-11)8(7)10/h2-5H,1H3. The molecule has 0 bridgehead atoms. The summed E-state index contributed by atoms with van der Waals surface area (Å²) in [5.41, 5.74) is -0.380. The fourth-order valence-electron chi connectivity index (χ4n) is 0.908. The number of hydrogen-bond donors (Lipinski definition) is 0. The van der Waals surface area contributed by atoms with Gasteiger partial charge in [0, 0.05) is 0 Å². The average molecular weight is 182 g/mol. The van der Waals surface area contributed by atoms with Gasteiger partial charge in [-0.25, -0.2) is 9.18 Å². The molecular weight excluding hydrogens is 175 g/mol. The average Bonchev–Trinajstić information content (AvgIpc) is 2.17. The summed E-state index contributed by atoms with van der Waals surface area (Å²) < 4.78 is 17.5. The number of esters is 1. The molecule has 1 rings (SSSR count). The van der Waals surface area contributed by atoms with Gasteiger partial charge in [0.1, 0.15) is 5.82 Å². The zero-order valence-corrected chi connectivity index (χ0v) is 6.91. The molecule has 0 fully saturated rings. The molecule has 68 valence electrons. The Labute approximate surface area is 74.1 Å². The molecule has 0 amide bonds. The van der Waals surface area contributed by atoms with Gasteiger partial charge >= 0.3 is 5.97 Å². The number of carbonyl (C=O) groups excluding carboxylic acids is 2. The largest absolute Gasteiger partial charge is 0.465 e. The summed E-state index contributed by atoms with van der Waals surface area (Å²) in [5.74, 6) is -1.63. The van der Waals surface area contributed by atoms with Crippen LogP contribution in [0.5, 0.6) is 0 Å². The summed E-state index contributed by atoms with van der Waals surface area (Å²) in [4.78, 5) is 21.2. The van der Waals surface area contributed by atoms with E-state index in [1.54, 1.807) is 0 Å². The molecule has 0 aromatic heterocycles. The summed E-state index contributed by atoms with van der Waals surface area (Å²) in [5, 5.41) is 0. The van der Waals surface area contributed by atoms with Crippen molar-refractivity contribution in [2.75, 3.05) is 7.11 Å². The fraction of sp³-hybridized carbons (Fsp3) is 0.111. The van der Waals surface area contributed by atoms with Crippen molar-refractivity contribution in [3.05, 3.63) is 35.1 Å². The first-order chi connectivity index (χ1) is 6.20. The van der Waals surface area contributed by atoms with Crippen LogP contribution in [0.2, 0.25) is 0 Å². The molecule has 0 heterocycles. The lowest BCUT2D eigenvalue weighted by atomic mass is 10.1. The van der Waals surface area contributed by atoms with E-state index in [9.17, 15) is 14.0 Å². The Morgan fingerprint density at radius 1 is 1.54 bits per heavy atom. The van der Waals surface area contributed by atoms with Crippen LogP contribution < -0.4 is 0 Å². The Hall–Kier alpha value is -1.71. The molecule has 3 nitrogen and oxygen atoms in total. The van der Waals surface area contributed by atoms with Gasteiger partial charge in [-0.2, -0.15) is 0 Å². The van der Waals surface area contributed by atoms with Crippen molar-refractivity contribution in [3.8, 4) is 0 Å². The Bertz CT molecular complexity index is 347. The highest BCUT2D eigenvalue weighted by atomic mass is 19.1. The molecule has 0 aliphatic rings. The zero-order chi connectivity index (χ0) is 9.84. The molecule has 0 aliphatic carbocycles. The van der Waals surface area contributed by atoms with Crippen LogP contribution in [0.3, 0.4) is 0 Å². The molecule has 4 heteroatoms. The van der Waals surface area contributed by atoms with Crippen LogP contribution >= 0.6 is 0 Å². The molecule has 1 aromatic carbocycles. The van der Waals surface area contributed by atoms with E-state index in [1.165, 1.54) is 18.2 Å². The molecule has 0 spiro atoms. The maximum atomic E-state index is 13.2. The van der Waals surface area contributed by atoms with Crippen LogP contribution in [-0.4, -0.2) is 19.4 Å². The summed E-state index contributed by atoms with van der Waals surface area (Å²) in [6.45, 7) is 0. The summed E-state index contributed by atoms with van der Waals surface area (Å²) in [6.07, 6.45) is 0.349. The number of methoxy groups -OCH3 is 1. The molecule has 0 radical (unpaired) electrons. The van der Waals surface area contributed by atoms with Crippen molar-refractivity contribution in [2.45, 2.75) is 0 Å². The maximum absolute atomic E-state index is 13.2. The summed E-state index contributed by atoms with van der Waals surface area (Å²) in [6, 6.07) is 3.96. The fourth-order valence-corrected chi connectivity index (χ4v) is 0.908. The van der Waals surface area contributed by atoms with Crippen LogP contribution in [0.25, 0.3) is 0 Å². The molecule has 0 atom stereocenters. The Morgan fingerprint density at radius 3 is 2.77 bits per heavy atom. The van der Waals surface area contributed by atoms with E-state index in [2.05, 4.69) is 4.74 Å². The number of ether oxygens (including phenoxy) is 1. The predicted octanol–water partition coefficient (Wildman–Crippen LogP) is 1.42. The Morgan fingerprint density at radius 2 is 2.23 bits per heavy atom. The van der Waals surface area contributed by atoms with Gasteiger partial charge in [-0.15, -0.1) is 0 Å². The predicted molar refractivity (Wildman–Crippen MR) is 43.1 cm³/mol. The Kier molecular flexibility index (Phi) is 2.74. The molecule has 1 aromatic rings. The van der Waals surface area contributed by atoms with Crippen LogP contribution in [0.1, 0.15) is 20.7 Å². The van der Waals surface area contributed by atoms with Crippen LogP contribution in [0.4, 0.5) is 4.39 Å². The van der Waals surface area contributed by atoms with Gasteiger partial charge in [0.05, 0.1) is 18.2 Å². The second kappa shape index (κ2) is 3.80. The number of carbonyl (C=O) groups is 2. The summed E-state index contributed by atoms with van der Waals surface area (Å²) >= 11 is 0. The van der Waals surface area contributed by atoms with Crippen molar-refractivity contribution in [2.24, 2.45) is 0 Å². The number of benzene rings is 1. The van der Waals surface area contributed by atoms with Gasteiger partial charge < -0.3 is 4.74 Å². The third-order valence-electron chi connectivity index (χ3n) is 1.56. The lowest BCUT2D eigenvalue weighted by Gasteiger charge is -2.01. The van der Waals surface area contributed by atoms with E-state index in [1.807, 2.05) is 0 Å². The number of halogens is 1. The van der Waals surface area contributed by atoms with E-state index in [0.717, 1.165) is 7.11 Å². The molecular formula is C9H7FO3. The topological polar surface area (TPSA) is 43.4 Å². The highest BCUT2D eigenvalue weighted by Crippen LogP contribution is 2.11. The lowest BCUT2D eigenvalue weighted by Crippen LogP contribution is -2.06. The Balaban J connectivity index is 3.23. The lowest BCUT2D eigenvalue weighted by molar-refractivity contribution is 0.0595. The maximum Gasteiger partial charge on any atom is 0.340 e. The van der Waals surface area contributed by atoms with Crippen molar-refractivity contribution < 1.29 is 18.7 Å². The van der Waals surface area contributed by atoms with Gasteiger partial charge in [0.2, 0.25) is 0 Å². The monoisotopic (exact) mass is 182 g/mol. The second-order valence-electron chi connectivity index (χ2n) is 2.32. The number of hydrogen-bond acceptors (Lipinski definition) is 3. The second-order valence-corrected chi connectivity index (χ2v) is 2.32. The van der Waals surface area contributed by atoms with E-state index in [-0.39, 0.29) is 11.1 Å². The first-order valence-electron chi connectivity index (χ1n) is 3.52. The quantitative estimate of drug-likeness (QED) is 0.513. The van der Waals surface area contributed by atoms with Crippen LogP contribution in [-0.2, 0) is 4.74 Å². The van der Waals surface area contributed by atoms with Crippen molar-refractivity contribution >= 4 is 12.3 Å². The first-order valence-corrected chi connectivity index (χ1v) is 3.52. The summed E-state index contributed by atoms with van der Waals surface area (Å²) in [7, 11) is 1.15. The van der Waals surface area contributed by atoms with E-state index >= 15 is 0 Å². The highest BCUT2D eigenvalue weighted by Gasteiger charge is 2.14. The van der Waals surface area contributed by atoms with Gasteiger partial charge in [-0.05, 0) is 12.1 Å². The smallest absolute Gasteiger partial charge is 0.340 e. The van der Waals surface area contributed by atoms with Gasteiger partial charge in [-0.3, -0.25) is 4.79 Å². The molecule has 13 heavy (non-hydrogen) atoms. The SMILES string of the molecule is COC(=O)c1cccc(C=O)c1F. The minimum Gasteiger partial charge on any atom is -0.465 e. The van der Waals surface area contributed by atoms with Crippen LogP contribution in [0, 0.1) is 5.82 Å².